The first-order valence-electron chi connectivity index (χ1n) is 3.29. The molecule has 0 heterocycles. The van der Waals surface area contributed by atoms with Crippen molar-refractivity contribution in [3.8, 4) is 0 Å². The van der Waals surface area contributed by atoms with Crippen LogP contribution >= 0.6 is 11.6 Å². The first-order chi connectivity index (χ1) is 4.69. The number of alkyl halides is 1. The number of allylic oxidation sites excluding steroid dienone is 2. The maximum absolute atomic E-state index is 9.41. The van der Waals surface area contributed by atoms with Crippen molar-refractivity contribution in [2.75, 3.05) is 5.88 Å². The molecule has 1 N–H and O–H groups in total. The minimum atomic E-state index is -0.435. The molecule has 0 bridgehead atoms. The van der Waals surface area contributed by atoms with E-state index in [9.17, 15) is 5.11 Å². The van der Waals surface area contributed by atoms with E-state index in [2.05, 4.69) is 0 Å². The van der Waals surface area contributed by atoms with Crippen molar-refractivity contribution in [2.24, 2.45) is 5.41 Å². The zero-order chi connectivity index (χ0) is 7.61. The average molecular weight is 159 g/mol. The lowest BCUT2D eigenvalue weighted by atomic mass is 9.83. The summed E-state index contributed by atoms with van der Waals surface area (Å²) in [5.41, 5.74) is -0.268. The summed E-state index contributed by atoms with van der Waals surface area (Å²) >= 11 is 5.67. The van der Waals surface area contributed by atoms with Gasteiger partial charge in [0, 0.05) is 11.3 Å². The van der Waals surface area contributed by atoms with Gasteiger partial charge in [0.1, 0.15) is 0 Å². The molecule has 2 unspecified atom stereocenters. The van der Waals surface area contributed by atoms with Crippen LogP contribution in [0.3, 0.4) is 0 Å². The zero-order valence-electron chi connectivity index (χ0n) is 5.92. The van der Waals surface area contributed by atoms with Crippen molar-refractivity contribution < 1.29 is 5.11 Å². The predicted octanol–water partition coefficient (Wildman–Crippen LogP) is 1.72. The molecule has 1 aliphatic carbocycles. The molecule has 0 amide bonds. The van der Waals surface area contributed by atoms with Crippen molar-refractivity contribution in [3.63, 3.8) is 0 Å². The van der Waals surface area contributed by atoms with Crippen LogP contribution in [-0.2, 0) is 0 Å². The van der Waals surface area contributed by atoms with Crippen LogP contribution in [0.5, 0.6) is 0 Å². The van der Waals surface area contributed by atoms with Gasteiger partial charge in [-0.25, -0.2) is 0 Å². The second-order valence-corrected chi connectivity index (χ2v) is 3.10. The minimum absolute atomic E-state index is 0.268. The normalized spacial score (nSPS) is 38.5. The summed E-state index contributed by atoms with van der Waals surface area (Å²) in [6, 6.07) is 0. The molecule has 1 aliphatic rings. The van der Waals surface area contributed by atoms with Gasteiger partial charge in [-0.05, 0) is 0 Å². The van der Waals surface area contributed by atoms with Gasteiger partial charge < -0.3 is 5.11 Å². The lowest BCUT2D eigenvalue weighted by Gasteiger charge is -2.28. The molecule has 56 valence electrons. The maximum Gasteiger partial charge on any atom is 0.0823 e. The molecular formula is C8H11ClO. The fraction of sp³-hybridized carbons (Fsp3) is 0.500. The summed E-state index contributed by atoms with van der Waals surface area (Å²) in [4.78, 5) is 0. The average Bonchev–Trinajstić information content (AvgIpc) is 1.96. The molecule has 2 atom stereocenters. The van der Waals surface area contributed by atoms with Crippen LogP contribution in [0, 0.1) is 5.41 Å². The predicted molar refractivity (Wildman–Crippen MR) is 43.1 cm³/mol. The van der Waals surface area contributed by atoms with Crippen LogP contribution in [0.25, 0.3) is 0 Å². The standard InChI is InChI=1S/C8H11ClO/c1-8(6-9)5-3-2-4-7(8)10/h2-5,7,10H,6H2,1H3. The highest BCUT2D eigenvalue weighted by Gasteiger charge is 2.28. The Morgan fingerprint density at radius 1 is 1.60 bits per heavy atom. The number of hydrogen-bond acceptors (Lipinski definition) is 1. The highest BCUT2D eigenvalue weighted by molar-refractivity contribution is 6.18. The van der Waals surface area contributed by atoms with E-state index >= 15 is 0 Å². The van der Waals surface area contributed by atoms with Crippen molar-refractivity contribution in [2.45, 2.75) is 13.0 Å². The summed E-state index contributed by atoms with van der Waals surface area (Å²) in [5.74, 6) is 0.453. The van der Waals surface area contributed by atoms with Gasteiger partial charge in [0.2, 0.25) is 0 Å². The fourth-order valence-electron chi connectivity index (χ4n) is 0.887. The lowest BCUT2D eigenvalue weighted by molar-refractivity contribution is 0.126. The zero-order valence-corrected chi connectivity index (χ0v) is 6.67. The molecule has 0 aliphatic heterocycles. The van der Waals surface area contributed by atoms with Crippen molar-refractivity contribution in [1.29, 1.82) is 0 Å². The van der Waals surface area contributed by atoms with Gasteiger partial charge in [0.15, 0.2) is 0 Å². The summed E-state index contributed by atoms with van der Waals surface area (Å²) in [5, 5.41) is 9.41. The first kappa shape index (κ1) is 7.83. The van der Waals surface area contributed by atoms with E-state index in [4.69, 9.17) is 11.6 Å². The second kappa shape index (κ2) is 2.77. The molecule has 0 aromatic rings. The van der Waals surface area contributed by atoms with Crippen LogP contribution in [0.1, 0.15) is 6.92 Å². The Morgan fingerprint density at radius 3 is 2.70 bits per heavy atom. The quantitative estimate of drug-likeness (QED) is 0.577. The molecule has 0 saturated heterocycles. The Bertz CT molecular complexity index is 174. The van der Waals surface area contributed by atoms with E-state index in [1.807, 2.05) is 25.2 Å². The Kier molecular flexibility index (Phi) is 2.17. The summed E-state index contributed by atoms with van der Waals surface area (Å²) in [6.07, 6.45) is 7.00. The minimum Gasteiger partial charge on any atom is -0.388 e. The molecular weight excluding hydrogens is 148 g/mol. The number of hydrogen-bond donors (Lipinski definition) is 1. The second-order valence-electron chi connectivity index (χ2n) is 2.83. The van der Waals surface area contributed by atoms with Crippen molar-refractivity contribution in [1.82, 2.24) is 0 Å². The molecule has 0 fully saturated rings. The smallest absolute Gasteiger partial charge is 0.0823 e. The molecule has 0 aromatic carbocycles. The Labute approximate surface area is 66.0 Å². The van der Waals surface area contributed by atoms with Gasteiger partial charge in [-0.1, -0.05) is 31.2 Å². The monoisotopic (exact) mass is 158 g/mol. The number of rotatable bonds is 1. The number of halogens is 1. The van der Waals surface area contributed by atoms with Gasteiger partial charge in [-0.2, -0.15) is 0 Å². The highest BCUT2D eigenvalue weighted by atomic mass is 35.5. The van der Waals surface area contributed by atoms with Crippen molar-refractivity contribution in [3.05, 3.63) is 24.3 Å². The third kappa shape index (κ3) is 1.25. The topological polar surface area (TPSA) is 20.2 Å². The SMILES string of the molecule is CC1(CCl)C=CC=CC1O. The molecule has 0 spiro atoms. The van der Waals surface area contributed by atoms with Crippen LogP contribution in [0.15, 0.2) is 24.3 Å². The Balaban J connectivity index is 2.77. The molecule has 1 nitrogen and oxygen atoms in total. The van der Waals surface area contributed by atoms with Gasteiger partial charge in [0.25, 0.3) is 0 Å². The number of aliphatic hydroxyl groups excluding tert-OH is 1. The molecule has 2 heteroatoms. The van der Waals surface area contributed by atoms with Gasteiger partial charge in [-0.15, -0.1) is 11.6 Å². The van der Waals surface area contributed by atoms with Gasteiger partial charge >= 0.3 is 0 Å². The first-order valence-corrected chi connectivity index (χ1v) is 3.82. The third-order valence-electron chi connectivity index (χ3n) is 1.85. The molecule has 0 aromatic heterocycles. The third-order valence-corrected chi connectivity index (χ3v) is 2.42. The van der Waals surface area contributed by atoms with Crippen molar-refractivity contribution >= 4 is 11.6 Å². The van der Waals surface area contributed by atoms with E-state index in [0.717, 1.165) is 0 Å². The van der Waals surface area contributed by atoms with Crippen LogP contribution in [-0.4, -0.2) is 17.1 Å². The summed E-state index contributed by atoms with van der Waals surface area (Å²) in [7, 11) is 0. The van der Waals surface area contributed by atoms with Gasteiger partial charge in [0.05, 0.1) is 6.10 Å². The Morgan fingerprint density at radius 2 is 2.30 bits per heavy atom. The fourth-order valence-corrected chi connectivity index (χ4v) is 1.13. The van der Waals surface area contributed by atoms with E-state index in [-0.39, 0.29) is 5.41 Å². The van der Waals surface area contributed by atoms with Gasteiger partial charge in [-0.3, -0.25) is 0 Å². The van der Waals surface area contributed by atoms with E-state index < -0.39 is 6.10 Å². The molecule has 10 heavy (non-hydrogen) atoms. The Hall–Kier alpha value is -0.270. The highest BCUT2D eigenvalue weighted by Crippen LogP contribution is 2.28. The summed E-state index contributed by atoms with van der Waals surface area (Å²) in [6.45, 7) is 1.94. The largest absolute Gasteiger partial charge is 0.388 e. The molecule has 0 saturated carbocycles. The molecule has 1 rings (SSSR count). The summed E-state index contributed by atoms with van der Waals surface area (Å²) < 4.78 is 0. The number of aliphatic hydroxyl groups is 1. The molecule has 0 radical (unpaired) electrons. The van der Waals surface area contributed by atoms with E-state index in [1.165, 1.54) is 0 Å². The lowest BCUT2D eigenvalue weighted by Crippen LogP contribution is -2.31. The maximum atomic E-state index is 9.41. The van der Waals surface area contributed by atoms with E-state index in [0.29, 0.717) is 5.88 Å². The van der Waals surface area contributed by atoms with Crippen LogP contribution in [0.2, 0.25) is 0 Å². The van der Waals surface area contributed by atoms with E-state index in [1.54, 1.807) is 6.08 Å². The van der Waals surface area contributed by atoms with Crippen LogP contribution in [0.4, 0.5) is 0 Å². The van der Waals surface area contributed by atoms with Crippen LogP contribution < -0.4 is 0 Å².